The van der Waals surface area contributed by atoms with Gasteiger partial charge in [0.05, 0.1) is 11.6 Å². The van der Waals surface area contributed by atoms with Gasteiger partial charge in [-0.1, -0.05) is 5.16 Å². The Bertz CT molecular complexity index is 525. The molecule has 6 heteroatoms. The smallest absolute Gasteiger partial charge is 0.216 e. The van der Waals surface area contributed by atoms with Crippen molar-refractivity contribution in [3.63, 3.8) is 0 Å². The second-order valence-corrected chi connectivity index (χ2v) is 5.33. The Hall–Kier alpha value is -0.330. The molecule has 84 valence electrons. The minimum atomic E-state index is 0.574. The fourth-order valence-electron chi connectivity index (χ4n) is 1.24. The molecular formula is C10H6Br3NO2. The third-order valence-corrected chi connectivity index (χ3v) is 4.49. The molecule has 1 aromatic carbocycles. The van der Waals surface area contributed by atoms with Crippen molar-refractivity contribution in [2.75, 3.05) is 7.11 Å². The molecule has 0 aliphatic carbocycles. The summed E-state index contributed by atoms with van der Waals surface area (Å²) < 4.78 is 12.4. The number of aromatic nitrogens is 1. The van der Waals surface area contributed by atoms with Crippen molar-refractivity contribution in [3.8, 4) is 17.0 Å². The molecule has 0 spiro atoms. The first-order valence-electron chi connectivity index (χ1n) is 4.28. The van der Waals surface area contributed by atoms with Crippen molar-refractivity contribution in [1.82, 2.24) is 5.16 Å². The highest BCUT2D eigenvalue weighted by molar-refractivity contribution is 9.13. The van der Waals surface area contributed by atoms with Gasteiger partial charge in [0.25, 0.3) is 0 Å². The Kier molecular flexibility index (Phi) is 3.71. The maximum Gasteiger partial charge on any atom is 0.216 e. The molecule has 0 fully saturated rings. The van der Waals surface area contributed by atoms with E-state index in [1.165, 1.54) is 0 Å². The molecule has 0 bridgehead atoms. The van der Waals surface area contributed by atoms with E-state index in [2.05, 4.69) is 52.9 Å². The normalized spacial score (nSPS) is 10.5. The molecule has 3 nitrogen and oxygen atoms in total. The lowest BCUT2D eigenvalue weighted by Crippen LogP contribution is -1.85. The monoisotopic (exact) mass is 409 g/mol. The summed E-state index contributed by atoms with van der Waals surface area (Å²) >= 11 is 10.1. The van der Waals surface area contributed by atoms with Gasteiger partial charge in [0.15, 0.2) is 0 Å². The van der Waals surface area contributed by atoms with Crippen molar-refractivity contribution >= 4 is 47.8 Å². The summed E-state index contributed by atoms with van der Waals surface area (Å²) in [6.07, 6.45) is 0. The lowest BCUT2D eigenvalue weighted by molar-refractivity contribution is 0.401. The summed E-state index contributed by atoms with van der Waals surface area (Å²) in [7, 11) is 1.63. The standard InChI is InChI=1S/C10H6Br3NO2/c1-15-5-2-3-6(7(11)4-5)9-8(12)10(13)16-14-9/h2-4H,1H3. The highest BCUT2D eigenvalue weighted by Gasteiger charge is 2.15. The van der Waals surface area contributed by atoms with Crippen LogP contribution in [-0.4, -0.2) is 12.3 Å². The Morgan fingerprint density at radius 1 is 1.25 bits per heavy atom. The Morgan fingerprint density at radius 2 is 2.00 bits per heavy atom. The Balaban J connectivity index is 2.52. The number of benzene rings is 1. The highest BCUT2D eigenvalue weighted by Crippen LogP contribution is 2.38. The molecule has 0 atom stereocenters. The molecule has 0 saturated heterocycles. The van der Waals surface area contributed by atoms with E-state index >= 15 is 0 Å². The van der Waals surface area contributed by atoms with E-state index in [9.17, 15) is 0 Å². The number of methoxy groups -OCH3 is 1. The van der Waals surface area contributed by atoms with Gasteiger partial charge in [0.1, 0.15) is 11.4 Å². The molecule has 1 heterocycles. The van der Waals surface area contributed by atoms with Crippen LogP contribution in [0.4, 0.5) is 0 Å². The SMILES string of the molecule is COc1ccc(-c2noc(Br)c2Br)c(Br)c1. The van der Waals surface area contributed by atoms with E-state index in [1.54, 1.807) is 7.11 Å². The van der Waals surface area contributed by atoms with Crippen LogP contribution < -0.4 is 4.74 Å². The van der Waals surface area contributed by atoms with E-state index in [1.807, 2.05) is 18.2 Å². The summed E-state index contributed by atoms with van der Waals surface area (Å²) in [5.41, 5.74) is 1.67. The molecule has 0 aliphatic heterocycles. The minimum Gasteiger partial charge on any atom is -0.497 e. The number of rotatable bonds is 2. The van der Waals surface area contributed by atoms with Gasteiger partial charge in [-0.05, 0) is 66.0 Å². The quantitative estimate of drug-likeness (QED) is 0.722. The molecule has 1 aromatic heterocycles. The number of ether oxygens (including phenoxy) is 1. The molecule has 0 N–H and O–H groups in total. The second-order valence-electron chi connectivity index (χ2n) is 2.96. The zero-order valence-electron chi connectivity index (χ0n) is 8.13. The van der Waals surface area contributed by atoms with Crippen molar-refractivity contribution < 1.29 is 9.26 Å². The topological polar surface area (TPSA) is 35.3 Å². The summed E-state index contributed by atoms with van der Waals surface area (Å²) in [5, 5.41) is 3.96. The van der Waals surface area contributed by atoms with Crippen LogP contribution in [-0.2, 0) is 0 Å². The fraction of sp³-hybridized carbons (Fsp3) is 0.100. The lowest BCUT2D eigenvalue weighted by Gasteiger charge is -2.04. The second kappa shape index (κ2) is 4.89. The maximum absolute atomic E-state index is 5.13. The first-order valence-corrected chi connectivity index (χ1v) is 6.66. The summed E-state index contributed by atoms with van der Waals surface area (Å²) in [6, 6.07) is 5.66. The number of nitrogens with zero attached hydrogens (tertiary/aromatic N) is 1. The van der Waals surface area contributed by atoms with Gasteiger partial charge in [-0.3, -0.25) is 0 Å². The molecule has 16 heavy (non-hydrogen) atoms. The fourth-order valence-corrected chi connectivity index (χ4v) is 2.41. The van der Waals surface area contributed by atoms with Crippen LogP contribution in [0.25, 0.3) is 11.3 Å². The van der Waals surface area contributed by atoms with Crippen molar-refractivity contribution in [2.45, 2.75) is 0 Å². The van der Waals surface area contributed by atoms with E-state index in [0.717, 1.165) is 26.0 Å². The van der Waals surface area contributed by atoms with Crippen LogP contribution in [0, 0.1) is 0 Å². The van der Waals surface area contributed by atoms with Crippen molar-refractivity contribution in [2.24, 2.45) is 0 Å². The molecule has 0 unspecified atom stereocenters. The van der Waals surface area contributed by atoms with Crippen LogP contribution in [0.15, 0.2) is 36.3 Å². The average molecular weight is 412 g/mol. The van der Waals surface area contributed by atoms with Gasteiger partial charge in [-0.15, -0.1) is 0 Å². The average Bonchev–Trinajstić information content (AvgIpc) is 2.60. The maximum atomic E-state index is 5.13. The lowest BCUT2D eigenvalue weighted by atomic mass is 10.1. The first-order chi connectivity index (χ1) is 7.63. The van der Waals surface area contributed by atoms with Gasteiger partial charge in [-0.25, -0.2) is 0 Å². The van der Waals surface area contributed by atoms with Gasteiger partial charge in [0, 0.05) is 10.0 Å². The summed E-state index contributed by atoms with van der Waals surface area (Å²) in [6.45, 7) is 0. The Labute approximate surface area is 118 Å². The molecule has 0 saturated carbocycles. The largest absolute Gasteiger partial charge is 0.497 e. The van der Waals surface area contributed by atoms with E-state index in [4.69, 9.17) is 9.26 Å². The van der Waals surface area contributed by atoms with E-state index in [0.29, 0.717) is 4.67 Å². The minimum absolute atomic E-state index is 0.574. The summed E-state index contributed by atoms with van der Waals surface area (Å²) in [5.74, 6) is 0.786. The summed E-state index contributed by atoms with van der Waals surface area (Å²) in [4.78, 5) is 0. The number of halogens is 3. The molecule has 0 aliphatic rings. The molecule has 2 aromatic rings. The number of hydrogen-bond acceptors (Lipinski definition) is 3. The zero-order valence-corrected chi connectivity index (χ0v) is 12.9. The van der Waals surface area contributed by atoms with Crippen molar-refractivity contribution in [1.29, 1.82) is 0 Å². The van der Waals surface area contributed by atoms with Gasteiger partial charge in [0.2, 0.25) is 4.67 Å². The van der Waals surface area contributed by atoms with Gasteiger partial charge < -0.3 is 9.26 Å². The van der Waals surface area contributed by atoms with Crippen LogP contribution >= 0.6 is 47.8 Å². The van der Waals surface area contributed by atoms with Crippen LogP contribution in [0.1, 0.15) is 0 Å². The van der Waals surface area contributed by atoms with Crippen LogP contribution in [0.3, 0.4) is 0 Å². The zero-order chi connectivity index (χ0) is 11.7. The van der Waals surface area contributed by atoms with E-state index < -0.39 is 0 Å². The van der Waals surface area contributed by atoms with Crippen LogP contribution in [0.5, 0.6) is 5.75 Å². The highest BCUT2D eigenvalue weighted by atomic mass is 79.9. The molecule has 0 radical (unpaired) electrons. The molecule has 2 rings (SSSR count). The molecule has 0 amide bonds. The third kappa shape index (κ3) is 2.19. The number of hydrogen-bond donors (Lipinski definition) is 0. The predicted octanol–water partition coefficient (Wildman–Crippen LogP) is 4.64. The van der Waals surface area contributed by atoms with Crippen LogP contribution in [0.2, 0.25) is 0 Å². The van der Waals surface area contributed by atoms with Gasteiger partial charge >= 0.3 is 0 Å². The van der Waals surface area contributed by atoms with E-state index in [-0.39, 0.29) is 0 Å². The first kappa shape index (κ1) is 12.1. The third-order valence-electron chi connectivity index (χ3n) is 2.03. The predicted molar refractivity (Wildman–Crippen MR) is 71.6 cm³/mol. The Morgan fingerprint density at radius 3 is 2.50 bits per heavy atom. The molecular weight excluding hydrogens is 406 g/mol. The van der Waals surface area contributed by atoms with Gasteiger partial charge in [-0.2, -0.15) is 0 Å². The van der Waals surface area contributed by atoms with Crippen molar-refractivity contribution in [3.05, 3.63) is 31.8 Å².